The zero-order chi connectivity index (χ0) is 14.4. The van der Waals surface area contributed by atoms with Gasteiger partial charge in [0.25, 0.3) is 0 Å². The molecule has 2 rings (SSSR count). The van der Waals surface area contributed by atoms with E-state index in [4.69, 9.17) is 4.74 Å². The molecule has 0 aromatic heterocycles. The van der Waals surface area contributed by atoms with Crippen molar-refractivity contribution in [1.82, 2.24) is 5.32 Å². The van der Waals surface area contributed by atoms with Crippen LogP contribution >= 0.6 is 0 Å². The predicted molar refractivity (Wildman–Crippen MR) is 85.2 cm³/mol. The molecule has 2 heteroatoms. The van der Waals surface area contributed by atoms with E-state index in [9.17, 15) is 0 Å². The predicted octanol–water partition coefficient (Wildman–Crippen LogP) is 4.04. The van der Waals surface area contributed by atoms with Crippen LogP contribution in [0.2, 0.25) is 0 Å². The van der Waals surface area contributed by atoms with E-state index >= 15 is 0 Å². The summed E-state index contributed by atoms with van der Waals surface area (Å²) in [6, 6.07) is 16.9. The van der Waals surface area contributed by atoms with Crippen LogP contribution in [0.25, 0.3) is 11.1 Å². The zero-order valence-corrected chi connectivity index (χ0v) is 12.5. The monoisotopic (exact) mass is 269 g/mol. The fourth-order valence-electron chi connectivity index (χ4n) is 2.09. The third kappa shape index (κ3) is 4.10. The Bertz CT molecular complexity index is 516. The highest BCUT2D eigenvalue weighted by molar-refractivity contribution is 5.64. The largest absolute Gasteiger partial charge is 0.489 e. The summed E-state index contributed by atoms with van der Waals surface area (Å²) < 4.78 is 5.86. The van der Waals surface area contributed by atoms with Gasteiger partial charge in [-0.3, -0.25) is 0 Å². The third-order valence-corrected chi connectivity index (χ3v) is 3.26. The summed E-state index contributed by atoms with van der Waals surface area (Å²) in [4.78, 5) is 0. The lowest BCUT2D eigenvalue weighted by atomic mass is 10.0. The number of likely N-dealkylation sites (N-methyl/N-ethyl adjacent to an activating group) is 1. The van der Waals surface area contributed by atoms with Crippen molar-refractivity contribution in [3.05, 3.63) is 54.1 Å². The molecule has 1 unspecified atom stereocenters. The molecule has 1 atom stereocenters. The Morgan fingerprint density at radius 3 is 2.05 bits per heavy atom. The van der Waals surface area contributed by atoms with Gasteiger partial charge in [-0.05, 0) is 43.7 Å². The van der Waals surface area contributed by atoms with Crippen LogP contribution in [-0.2, 0) is 0 Å². The molecule has 0 fully saturated rings. The Morgan fingerprint density at radius 1 is 0.950 bits per heavy atom. The van der Waals surface area contributed by atoms with Crippen LogP contribution in [0, 0.1) is 6.92 Å². The first-order valence-corrected chi connectivity index (χ1v) is 7.23. The number of rotatable bonds is 6. The SMILES string of the molecule is CCNCC(C)Oc1ccc(-c2ccc(C)cc2)cc1. The normalized spacial score (nSPS) is 12.2. The molecule has 0 saturated carbocycles. The number of benzene rings is 2. The van der Waals surface area contributed by atoms with Gasteiger partial charge in [-0.15, -0.1) is 0 Å². The molecule has 2 nitrogen and oxygen atoms in total. The Balaban J connectivity index is 2.01. The van der Waals surface area contributed by atoms with Gasteiger partial charge in [-0.1, -0.05) is 48.9 Å². The van der Waals surface area contributed by atoms with Crippen molar-refractivity contribution in [1.29, 1.82) is 0 Å². The molecule has 0 aliphatic carbocycles. The van der Waals surface area contributed by atoms with Crippen molar-refractivity contribution in [3.63, 3.8) is 0 Å². The van der Waals surface area contributed by atoms with E-state index in [1.807, 2.05) is 12.1 Å². The van der Waals surface area contributed by atoms with Crippen molar-refractivity contribution in [2.45, 2.75) is 26.9 Å². The highest BCUT2D eigenvalue weighted by Crippen LogP contribution is 2.23. The first kappa shape index (κ1) is 14.6. The van der Waals surface area contributed by atoms with E-state index < -0.39 is 0 Å². The zero-order valence-electron chi connectivity index (χ0n) is 12.5. The van der Waals surface area contributed by atoms with Crippen molar-refractivity contribution in [3.8, 4) is 16.9 Å². The fraction of sp³-hybridized carbons (Fsp3) is 0.333. The van der Waals surface area contributed by atoms with Crippen molar-refractivity contribution >= 4 is 0 Å². The fourth-order valence-corrected chi connectivity index (χ4v) is 2.09. The number of nitrogens with one attached hydrogen (secondary N) is 1. The molecule has 0 bridgehead atoms. The summed E-state index contributed by atoms with van der Waals surface area (Å²) in [6.07, 6.45) is 0.181. The topological polar surface area (TPSA) is 21.3 Å². The molecule has 0 aliphatic heterocycles. The van der Waals surface area contributed by atoms with Gasteiger partial charge in [0.05, 0.1) is 0 Å². The van der Waals surface area contributed by atoms with Crippen LogP contribution in [-0.4, -0.2) is 19.2 Å². The average molecular weight is 269 g/mol. The summed E-state index contributed by atoms with van der Waals surface area (Å²) in [5, 5.41) is 3.29. The Kier molecular flexibility index (Phi) is 5.19. The van der Waals surface area contributed by atoms with E-state index in [1.165, 1.54) is 16.7 Å². The van der Waals surface area contributed by atoms with Gasteiger partial charge in [0.1, 0.15) is 11.9 Å². The molecule has 1 N–H and O–H groups in total. The van der Waals surface area contributed by atoms with Crippen LogP contribution in [0.4, 0.5) is 0 Å². The highest BCUT2D eigenvalue weighted by Gasteiger charge is 2.03. The van der Waals surface area contributed by atoms with Crippen LogP contribution in [0.5, 0.6) is 5.75 Å². The molecular formula is C18H23NO. The van der Waals surface area contributed by atoms with Gasteiger partial charge in [-0.2, -0.15) is 0 Å². The molecule has 0 amide bonds. The Hall–Kier alpha value is -1.80. The lowest BCUT2D eigenvalue weighted by Gasteiger charge is -2.15. The molecule has 2 aromatic rings. The summed E-state index contributed by atoms with van der Waals surface area (Å²) in [6.45, 7) is 8.13. The van der Waals surface area contributed by atoms with Gasteiger partial charge in [0.15, 0.2) is 0 Å². The van der Waals surface area contributed by atoms with Crippen LogP contribution in [0.1, 0.15) is 19.4 Å². The van der Waals surface area contributed by atoms with Crippen molar-refractivity contribution in [2.24, 2.45) is 0 Å². The highest BCUT2D eigenvalue weighted by atomic mass is 16.5. The Labute approximate surface area is 121 Å². The van der Waals surface area contributed by atoms with Gasteiger partial charge in [-0.25, -0.2) is 0 Å². The lowest BCUT2D eigenvalue weighted by molar-refractivity contribution is 0.218. The van der Waals surface area contributed by atoms with E-state index in [2.05, 4.69) is 62.5 Å². The minimum absolute atomic E-state index is 0.181. The van der Waals surface area contributed by atoms with E-state index in [-0.39, 0.29) is 6.10 Å². The van der Waals surface area contributed by atoms with Crippen LogP contribution in [0.15, 0.2) is 48.5 Å². The molecule has 106 valence electrons. The summed E-state index contributed by atoms with van der Waals surface area (Å²) in [5.41, 5.74) is 3.74. The molecule has 0 saturated heterocycles. The minimum Gasteiger partial charge on any atom is -0.489 e. The van der Waals surface area contributed by atoms with Gasteiger partial charge >= 0.3 is 0 Å². The number of ether oxygens (including phenoxy) is 1. The average Bonchev–Trinajstić information content (AvgIpc) is 2.47. The van der Waals surface area contributed by atoms with E-state index in [0.29, 0.717) is 0 Å². The second kappa shape index (κ2) is 7.11. The quantitative estimate of drug-likeness (QED) is 0.854. The van der Waals surface area contributed by atoms with Crippen LogP contribution < -0.4 is 10.1 Å². The van der Waals surface area contributed by atoms with Gasteiger partial charge < -0.3 is 10.1 Å². The first-order chi connectivity index (χ1) is 9.69. The molecule has 0 heterocycles. The van der Waals surface area contributed by atoms with E-state index in [1.54, 1.807) is 0 Å². The molecular weight excluding hydrogens is 246 g/mol. The summed E-state index contributed by atoms with van der Waals surface area (Å²) in [5.74, 6) is 0.922. The maximum Gasteiger partial charge on any atom is 0.119 e. The second-order valence-electron chi connectivity index (χ2n) is 5.13. The second-order valence-corrected chi connectivity index (χ2v) is 5.13. The first-order valence-electron chi connectivity index (χ1n) is 7.23. The standard InChI is InChI=1S/C18H23NO/c1-4-19-13-15(3)20-18-11-9-17(10-12-18)16-7-5-14(2)6-8-16/h5-12,15,19H,4,13H2,1-3H3. The van der Waals surface area contributed by atoms with Gasteiger partial charge in [0, 0.05) is 6.54 Å². The molecule has 0 radical (unpaired) electrons. The van der Waals surface area contributed by atoms with Crippen LogP contribution in [0.3, 0.4) is 0 Å². The lowest BCUT2D eigenvalue weighted by Crippen LogP contribution is -2.28. The van der Waals surface area contributed by atoms with Gasteiger partial charge in [0.2, 0.25) is 0 Å². The third-order valence-electron chi connectivity index (χ3n) is 3.26. The molecule has 0 spiro atoms. The maximum atomic E-state index is 5.86. The summed E-state index contributed by atoms with van der Waals surface area (Å²) >= 11 is 0. The number of hydrogen-bond donors (Lipinski definition) is 1. The van der Waals surface area contributed by atoms with Crippen molar-refractivity contribution < 1.29 is 4.74 Å². The number of hydrogen-bond acceptors (Lipinski definition) is 2. The minimum atomic E-state index is 0.181. The maximum absolute atomic E-state index is 5.86. The van der Waals surface area contributed by atoms with E-state index in [0.717, 1.165) is 18.8 Å². The molecule has 2 aromatic carbocycles. The smallest absolute Gasteiger partial charge is 0.119 e. The Morgan fingerprint density at radius 2 is 1.50 bits per heavy atom. The number of aryl methyl sites for hydroxylation is 1. The molecule has 20 heavy (non-hydrogen) atoms. The summed E-state index contributed by atoms with van der Waals surface area (Å²) in [7, 11) is 0. The van der Waals surface area contributed by atoms with Crippen molar-refractivity contribution in [2.75, 3.05) is 13.1 Å². The molecule has 0 aliphatic rings.